The minimum atomic E-state index is -0.521. The minimum Gasteiger partial charge on any atom is -0.497 e. The van der Waals surface area contributed by atoms with Gasteiger partial charge in [0.25, 0.3) is 0 Å². The SMILES string of the molecule is COc1ccc(N=C2S[C@@H](C(=O)NCCc3ccccc3)CC(=O)N2Cc2ccccc2)cc1. The Bertz CT molecular complexity index is 1130. The Hall–Kier alpha value is -3.58. The molecule has 1 saturated heterocycles. The Morgan fingerprint density at radius 1 is 1.00 bits per heavy atom. The van der Waals surface area contributed by atoms with E-state index in [0.717, 1.165) is 23.3 Å². The van der Waals surface area contributed by atoms with Crippen LogP contribution in [0.2, 0.25) is 0 Å². The van der Waals surface area contributed by atoms with Crippen molar-refractivity contribution in [3.05, 3.63) is 96.1 Å². The van der Waals surface area contributed by atoms with Crippen LogP contribution in [-0.2, 0) is 22.6 Å². The molecule has 1 aliphatic heterocycles. The van der Waals surface area contributed by atoms with E-state index < -0.39 is 5.25 Å². The summed E-state index contributed by atoms with van der Waals surface area (Å²) in [5, 5.41) is 2.98. The van der Waals surface area contributed by atoms with Crippen molar-refractivity contribution in [2.24, 2.45) is 4.99 Å². The van der Waals surface area contributed by atoms with Crippen LogP contribution >= 0.6 is 11.8 Å². The van der Waals surface area contributed by atoms with Crippen molar-refractivity contribution in [2.75, 3.05) is 13.7 Å². The van der Waals surface area contributed by atoms with Gasteiger partial charge in [0.15, 0.2) is 5.17 Å². The third-order valence-corrected chi connectivity index (χ3v) is 6.66. The summed E-state index contributed by atoms with van der Waals surface area (Å²) in [6.45, 7) is 0.927. The number of nitrogens with zero attached hydrogens (tertiary/aromatic N) is 2. The van der Waals surface area contributed by atoms with Crippen LogP contribution in [0.4, 0.5) is 5.69 Å². The monoisotopic (exact) mass is 473 g/mol. The average Bonchev–Trinajstić information content (AvgIpc) is 2.87. The molecule has 0 unspecified atom stereocenters. The fraction of sp³-hybridized carbons (Fsp3) is 0.222. The van der Waals surface area contributed by atoms with E-state index in [1.54, 1.807) is 12.0 Å². The van der Waals surface area contributed by atoms with Crippen LogP contribution in [0.5, 0.6) is 5.75 Å². The Morgan fingerprint density at radius 2 is 1.65 bits per heavy atom. The Labute approximate surface area is 204 Å². The van der Waals surface area contributed by atoms with Gasteiger partial charge in [0.05, 0.1) is 24.6 Å². The molecule has 3 aromatic carbocycles. The van der Waals surface area contributed by atoms with Gasteiger partial charge in [0, 0.05) is 13.0 Å². The molecule has 1 atom stereocenters. The second kappa shape index (κ2) is 11.5. The first-order valence-electron chi connectivity index (χ1n) is 11.2. The number of carbonyl (C=O) groups is 2. The number of rotatable bonds is 8. The molecule has 0 saturated carbocycles. The number of thioether (sulfide) groups is 1. The van der Waals surface area contributed by atoms with E-state index in [1.165, 1.54) is 11.8 Å². The summed E-state index contributed by atoms with van der Waals surface area (Å²) >= 11 is 1.33. The van der Waals surface area contributed by atoms with Crippen LogP contribution in [0.1, 0.15) is 17.5 Å². The highest BCUT2D eigenvalue weighted by molar-refractivity contribution is 8.15. The second-order valence-corrected chi connectivity index (χ2v) is 9.07. The number of amidine groups is 1. The number of carbonyl (C=O) groups excluding carboxylic acids is 2. The molecule has 7 heteroatoms. The van der Waals surface area contributed by atoms with Gasteiger partial charge in [-0.3, -0.25) is 14.5 Å². The largest absolute Gasteiger partial charge is 0.497 e. The highest BCUT2D eigenvalue weighted by Gasteiger charge is 2.35. The average molecular weight is 474 g/mol. The van der Waals surface area contributed by atoms with Gasteiger partial charge in [-0.05, 0) is 41.8 Å². The van der Waals surface area contributed by atoms with Gasteiger partial charge in [0.2, 0.25) is 11.8 Å². The van der Waals surface area contributed by atoms with Crippen molar-refractivity contribution in [3.8, 4) is 5.75 Å². The van der Waals surface area contributed by atoms with Crippen molar-refractivity contribution >= 4 is 34.4 Å². The number of amides is 2. The number of methoxy groups -OCH3 is 1. The highest BCUT2D eigenvalue weighted by Crippen LogP contribution is 2.30. The predicted molar refractivity (Wildman–Crippen MR) is 136 cm³/mol. The highest BCUT2D eigenvalue weighted by atomic mass is 32.2. The standard InChI is InChI=1S/C27H27N3O3S/c1-33-23-14-12-22(13-15-23)29-27-30(19-21-10-6-3-7-11-21)25(31)18-24(34-27)26(32)28-17-16-20-8-4-2-5-9-20/h2-15,24H,16-19H2,1H3,(H,28,32)/t24-/m1/s1. The van der Waals surface area contributed by atoms with Crippen molar-refractivity contribution in [1.29, 1.82) is 0 Å². The van der Waals surface area contributed by atoms with Gasteiger partial charge in [-0.25, -0.2) is 4.99 Å². The van der Waals surface area contributed by atoms with Gasteiger partial charge in [-0.2, -0.15) is 0 Å². The smallest absolute Gasteiger partial charge is 0.234 e. The van der Waals surface area contributed by atoms with Crippen LogP contribution < -0.4 is 10.1 Å². The maximum absolute atomic E-state index is 13.1. The summed E-state index contributed by atoms with van der Waals surface area (Å²) in [5.74, 6) is 0.474. The number of hydrogen-bond donors (Lipinski definition) is 1. The molecule has 2 amide bonds. The van der Waals surface area contributed by atoms with E-state index >= 15 is 0 Å². The van der Waals surface area contributed by atoms with Crippen LogP contribution in [0.3, 0.4) is 0 Å². The van der Waals surface area contributed by atoms with Crippen LogP contribution in [0.25, 0.3) is 0 Å². The number of nitrogens with one attached hydrogen (secondary N) is 1. The van der Waals surface area contributed by atoms with Gasteiger partial charge in [0.1, 0.15) is 5.75 Å². The number of ether oxygens (including phenoxy) is 1. The Balaban J connectivity index is 1.49. The summed E-state index contributed by atoms with van der Waals surface area (Å²) in [5.41, 5.74) is 2.86. The van der Waals surface area contributed by atoms with E-state index in [0.29, 0.717) is 23.9 Å². The van der Waals surface area contributed by atoms with Crippen LogP contribution in [0.15, 0.2) is 89.9 Å². The molecule has 0 radical (unpaired) electrons. The minimum absolute atomic E-state index is 0.113. The summed E-state index contributed by atoms with van der Waals surface area (Å²) in [6.07, 6.45) is 0.876. The molecule has 3 aromatic rings. The molecule has 0 spiro atoms. The molecule has 0 aliphatic carbocycles. The molecule has 34 heavy (non-hydrogen) atoms. The summed E-state index contributed by atoms with van der Waals surface area (Å²) in [7, 11) is 1.61. The first kappa shape index (κ1) is 23.6. The lowest BCUT2D eigenvalue weighted by Gasteiger charge is -2.32. The molecule has 1 heterocycles. The van der Waals surface area contributed by atoms with E-state index in [1.807, 2.05) is 84.9 Å². The maximum atomic E-state index is 13.1. The summed E-state index contributed by atoms with van der Waals surface area (Å²) in [4.78, 5) is 32.4. The first-order valence-corrected chi connectivity index (χ1v) is 12.1. The van der Waals surface area contributed by atoms with Gasteiger partial charge in [-0.1, -0.05) is 72.4 Å². The summed E-state index contributed by atoms with van der Waals surface area (Å²) in [6, 6.07) is 27.1. The lowest BCUT2D eigenvalue weighted by atomic mass is 10.1. The van der Waals surface area contributed by atoms with Gasteiger partial charge < -0.3 is 10.1 Å². The van der Waals surface area contributed by atoms with Crippen molar-refractivity contribution in [3.63, 3.8) is 0 Å². The van der Waals surface area contributed by atoms with E-state index in [9.17, 15) is 9.59 Å². The molecule has 1 N–H and O–H groups in total. The molecule has 0 aromatic heterocycles. The molecule has 1 fully saturated rings. The lowest BCUT2D eigenvalue weighted by molar-refractivity contribution is -0.130. The maximum Gasteiger partial charge on any atom is 0.234 e. The molecule has 4 rings (SSSR count). The lowest BCUT2D eigenvalue weighted by Crippen LogP contribution is -2.46. The zero-order valence-electron chi connectivity index (χ0n) is 19.0. The van der Waals surface area contributed by atoms with E-state index in [2.05, 4.69) is 5.32 Å². The van der Waals surface area contributed by atoms with Crippen molar-refractivity contribution in [2.45, 2.75) is 24.6 Å². The van der Waals surface area contributed by atoms with Gasteiger partial charge in [-0.15, -0.1) is 0 Å². The zero-order valence-corrected chi connectivity index (χ0v) is 19.8. The molecular formula is C27H27N3O3S. The second-order valence-electron chi connectivity index (χ2n) is 7.90. The predicted octanol–water partition coefficient (Wildman–Crippen LogP) is 4.58. The number of aliphatic imine (C=N–C) groups is 1. The fourth-order valence-electron chi connectivity index (χ4n) is 3.62. The van der Waals surface area contributed by atoms with Crippen molar-refractivity contribution < 1.29 is 14.3 Å². The summed E-state index contributed by atoms with van der Waals surface area (Å²) < 4.78 is 5.22. The van der Waals surface area contributed by atoms with Gasteiger partial charge >= 0.3 is 0 Å². The number of benzene rings is 3. The third kappa shape index (κ3) is 6.26. The van der Waals surface area contributed by atoms with Crippen LogP contribution in [-0.4, -0.2) is 40.8 Å². The molecule has 1 aliphatic rings. The Morgan fingerprint density at radius 3 is 2.29 bits per heavy atom. The number of hydrogen-bond acceptors (Lipinski definition) is 5. The molecule has 174 valence electrons. The quantitative estimate of drug-likeness (QED) is 0.520. The normalized spacial score (nSPS) is 17.0. The van der Waals surface area contributed by atoms with Crippen molar-refractivity contribution in [1.82, 2.24) is 10.2 Å². The fourth-order valence-corrected chi connectivity index (χ4v) is 4.74. The topological polar surface area (TPSA) is 71.0 Å². The zero-order chi connectivity index (χ0) is 23.8. The van der Waals surface area contributed by atoms with E-state index in [-0.39, 0.29) is 18.2 Å². The molecular weight excluding hydrogens is 446 g/mol. The van der Waals surface area contributed by atoms with E-state index in [4.69, 9.17) is 9.73 Å². The molecule has 0 bridgehead atoms. The third-order valence-electron chi connectivity index (χ3n) is 5.47. The first-order chi connectivity index (χ1) is 16.6. The molecule has 6 nitrogen and oxygen atoms in total. The van der Waals surface area contributed by atoms with Crippen LogP contribution in [0, 0.1) is 0 Å². The Kier molecular flexibility index (Phi) is 7.99.